The highest BCUT2D eigenvalue weighted by molar-refractivity contribution is 8.18. The summed E-state index contributed by atoms with van der Waals surface area (Å²) in [6, 6.07) is 16.8. The van der Waals surface area contributed by atoms with Crippen LogP contribution < -0.4 is 10.2 Å². The molecule has 0 saturated carbocycles. The van der Waals surface area contributed by atoms with Crippen LogP contribution in [0.2, 0.25) is 0 Å². The van der Waals surface area contributed by atoms with E-state index in [1.165, 1.54) is 5.69 Å². The van der Waals surface area contributed by atoms with E-state index in [9.17, 15) is 9.59 Å². The molecule has 2 aromatic carbocycles. The molecule has 0 radical (unpaired) electrons. The summed E-state index contributed by atoms with van der Waals surface area (Å²) in [6.07, 6.45) is 3.44. The lowest BCUT2D eigenvalue weighted by atomic mass is 9.99. The molecule has 1 aromatic heterocycles. The lowest BCUT2D eigenvalue weighted by molar-refractivity contribution is -0.115. The molecule has 6 nitrogen and oxygen atoms in total. The monoisotopic (exact) mass is 430 g/mol. The highest BCUT2D eigenvalue weighted by Crippen LogP contribution is 2.31. The molecule has 1 N–H and O–H groups in total. The molecule has 2 aliphatic heterocycles. The quantitative estimate of drug-likeness (QED) is 0.634. The first-order valence-electron chi connectivity index (χ1n) is 10.2. The summed E-state index contributed by atoms with van der Waals surface area (Å²) < 4.78 is 0. The van der Waals surface area contributed by atoms with Gasteiger partial charge in [-0.1, -0.05) is 24.3 Å². The molecule has 2 fully saturated rings. The smallest absolute Gasteiger partial charge is 0.290 e. The second kappa shape index (κ2) is 8.17. The molecule has 0 spiro atoms. The zero-order valence-corrected chi connectivity index (χ0v) is 18.0. The van der Waals surface area contributed by atoms with Gasteiger partial charge in [0.05, 0.1) is 10.4 Å². The van der Waals surface area contributed by atoms with Crippen molar-refractivity contribution >= 4 is 45.6 Å². The van der Waals surface area contributed by atoms with Crippen LogP contribution in [0.3, 0.4) is 0 Å². The number of fused-ring (bicyclic) bond motifs is 1. The SMILES string of the molecule is CN1CCN(c2ccc(-c3cccc4ncc(C=C5SC(=O)NC5=O)cc34)cc2)CC1. The molecule has 5 rings (SSSR count). The van der Waals surface area contributed by atoms with Crippen molar-refractivity contribution in [2.75, 3.05) is 38.1 Å². The van der Waals surface area contributed by atoms with Crippen molar-refractivity contribution in [3.63, 3.8) is 0 Å². The topological polar surface area (TPSA) is 65.5 Å². The number of thioether (sulfide) groups is 1. The third-order valence-corrected chi connectivity index (χ3v) is 6.54. The van der Waals surface area contributed by atoms with Crippen LogP contribution in [0.5, 0.6) is 0 Å². The summed E-state index contributed by atoms with van der Waals surface area (Å²) in [5.74, 6) is -0.358. The molecular weight excluding hydrogens is 408 g/mol. The lowest BCUT2D eigenvalue weighted by Crippen LogP contribution is -2.44. The number of likely N-dealkylation sites (N-methyl/N-ethyl adjacent to an activating group) is 1. The number of aromatic nitrogens is 1. The molecule has 2 aliphatic rings. The van der Waals surface area contributed by atoms with E-state index in [2.05, 4.69) is 57.5 Å². The molecule has 2 amide bonds. The fraction of sp³-hybridized carbons (Fsp3) is 0.208. The summed E-state index contributed by atoms with van der Waals surface area (Å²) in [7, 11) is 2.16. The first kappa shape index (κ1) is 19.8. The van der Waals surface area contributed by atoms with Gasteiger partial charge in [0.1, 0.15) is 0 Å². The van der Waals surface area contributed by atoms with E-state index in [0.717, 1.165) is 65.5 Å². The number of hydrogen-bond acceptors (Lipinski definition) is 6. The van der Waals surface area contributed by atoms with Crippen molar-refractivity contribution in [3.8, 4) is 11.1 Å². The second-order valence-corrected chi connectivity index (χ2v) is 8.85. The Kier molecular flexibility index (Phi) is 5.21. The minimum Gasteiger partial charge on any atom is -0.369 e. The van der Waals surface area contributed by atoms with Crippen molar-refractivity contribution in [2.24, 2.45) is 0 Å². The number of rotatable bonds is 3. The highest BCUT2D eigenvalue weighted by Gasteiger charge is 2.25. The maximum atomic E-state index is 11.9. The summed E-state index contributed by atoms with van der Waals surface area (Å²) >= 11 is 0.916. The van der Waals surface area contributed by atoms with Crippen molar-refractivity contribution in [1.29, 1.82) is 0 Å². The zero-order chi connectivity index (χ0) is 21.4. The fourth-order valence-electron chi connectivity index (χ4n) is 3.98. The second-order valence-electron chi connectivity index (χ2n) is 7.83. The number of nitrogens with zero attached hydrogens (tertiary/aromatic N) is 3. The van der Waals surface area contributed by atoms with Gasteiger partial charge >= 0.3 is 0 Å². The van der Waals surface area contributed by atoms with Crippen molar-refractivity contribution in [1.82, 2.24) is 15.2 Å². The van der Waals surface area contributed by atoms with E-state index in [1.54, 1.807) is 12.3 Å². The van der Waals surface area contributed by atoms with Gasteiger partial charge < -0.3 is 9.80 Å². The van der Waals surface area contributed by atoms with Gasteiger partial charge in [0.2, 0.25) is 0 Å². The standard InChI is InChI=1S/C24H22N4O2S/c1-27-9-11-28(12-10-27)18-7-5-17(6-8-18)19-3-2-4-21-20(19)13-16(15-25-21)14-22-23(29)26-24(30)31-22/h2-8,13-15H,9-12H2,1H3,(H,26,29,30). The molecule has 3 heterocycles. The predicted molar refractivity (Wildman–Crippen MR) is 126 cm³/mol. The number of anilines is 1. The Morgan fingerprint density at radius 1 is 1.03 bits per heavy atom. The molecule has 0 bridgehead atoms. The number of benzene rings is 2. The number of imide groups is 1. The molecule has 7 heteroatoms. The third kappa shape index (κ3) is 4.06. The maximum Gasteiger partial charge on any atom is 0.290 e. The molecule has 0 unspecified atom stereocenters. The summed E-state index contributed by atoms with van der Waals surface area (Å²) in [5.41, 5.74) is 5.14. The van der Waals surface area contributed by atoms with Gasteiger partial charge in [-0.05, 0) is 65.8 Å². The normalized spacial score (nSPS) is 18.7. The van der Waals surface area contributed by atoms with Crippen LogP contribution >= 0.6 is 11.8 Å². The van der Waals surface area contributed by atoms with Gasteiger partial charge in [-0.2, -0.15) is 0 Å². The Labute approximate surface area is 184 Å². The number of pyridine rings is 1. The van der Waals surface area contributed by atoms with Crippen LogP contribution in [-0.2, 0) is 4.79 Å². The maximum absolute atomic E-state index is 11.9. The van der Waals surface area contributed by atoms with Gasteiger partial charge in [-0.15, -0.1) is 0 Å². The Morgan fingerprint density at radius 3 is 2.52 bits per heavy atom. The van der Waals surface area contributed by atoms with Gasteiger partial charge in [0, 0.05) is 43.4 Å². The van der Waals surface area contributed by atoms with Crippen LogP contribution in [0.4, 0.5) is 10.5 Å². The molecule has 2 saturated heterocycles. The van der Waals surface area contributed by atoms with Crippen LogP contribution in [0.25, 0.3) is 28.1 Å². The largest absolute Gasteiger partial charge is 0.369 e. The third-order valence-electron chi connectivity index (χ3n) is 5.73. The van der Waals surface area contributed by atoms with E-state index in [1.807, 2.05) is 18.2 Å². The summed E-state index contributed by atoms with van der Waals surface area (Å²) in [5, 5.41) is 2.96. The molecule has 156 valence electrons. The van der Waals surface area contributed by atoms with Crippen molar-refractivity contribution in [3.05, 3.63) is 65.2 Å². The Balaban J connectivity index is 1.47. The first-order valence-corrected chi connectivity index (χ1v) is 11.1. The number of hydrogen-bond donors (Lipinski definition) is 1. The average Bonchev–Trinajstić information content (AvgIpc) is 3.10. The lowest BCUT2D eigenvalue weighted by Gasteiger charge is -2.34. The van der Waals surface area contributed by atoms with Crippen LogP contribution in [0.1, 0.15) is 5.56 Å². The van der Waals surface area contributed by atoms with Gasteiger partial charge in [-0.3, -0.25) is 19.9 Å². The van der Waals surface area contributed by atoms with E-state index < -0.39 is 0 Å². The summed E-state index contributed by atoms with van der Waals surface area (Å²) in [4.78, 5) is 33.0. The average molecular weight is 431 g/mol. The van der Waals surface area contributed by atoms with Crippen molar-refractivity contribution in [2.45, 2.75) is 0 Å². The van der Waals surface area contributed by atoms with E-state index in [-0.39, 0.29) is 11.1 Å². The fourth-order valence-corrected chi connectivity index (χ4v) is 4.67. The first-order chi connectivity index (χ1) is 15.1. The minimum absolute atomic E-state index is 0.342. The van der Waals surface area contributed by atoms with Crippen LogP contribution in [-0.4, -0.2) is 54.3 Å². The molecule has 3 aromatic rings. The number of carbonyl (C=O) groups is 2. The molecule has 0 atom stereocenters. The summed E-state index contributed by atoms with van der Waals surface area (Å²) in [6.45, 7) is 4.24. The van der Waals surface area contributed by atoms with Crippen molar-refractivity contribution < 1.29 is 9.59 Å². The molecule has 31 heavy (non-hydrogen) atoms. The van der Waals surface area contributed by atoms with Crippen LogP contribution in [0.15, 0.2) is 59.6 Å². The number of piperazine rings is 1. The van der Waals surface area contributed by atoms with Crippen LogP contribution in [0, 0.1) is 0 Å². The number of nitrogens with one attached hydrogen (secondary N) is 1. The predicted octanol–water partition coefficient (Wildman–Crippen LogP) is 3.98. The Morgan fingerprint density at radius 2 is 1.81 bits per heavy atom. The van der Waals surface area contributed by atoms with E-state index in [4.69, 9.17) is 0 Å². The minimum atomic E-state index is -0.358. The molecule has 0 aliphatic carbocycles. The van der Waals surface area contributed by atoms with Gasteiger partial charge in [-0.25, -0.2) is 0 Å². The number of amides is 2. The molecular formula is C24H22N4O2S. The van der Waals surface area contributed by atoms with E-state index in [0.29, 0.717) is 4.91 Å². The van der Waals surface area contributed by atoms with E-state index >= 15 is 0 Å². The Bertz CT molecular complexity index is 1200. The zero-order valence-electron chi connectivity index (χ0n) is 17.2. The van der Waals surface area contributed by atoms with Gasteiger partial charge in [0.25, 0.3) is 11.1 Å². The highest BCUT2D eigenvalue weighted by atomic mass is 32.2. The van der Waals surface area contributed by atoms with Gasteiger partial charge in [0.15, 0.2) is 0 Å². The Hall–Kier alpha value is -3.16. The number of carbonyl (C=O) groups excluding carboxylic acids is 2.